The van der Waals surface area contributed by atoms with Gasteiger partial charge in [0.05, 0.1) is 6.54 Å². The van der Waals surface area contributed by atoms with Crippen molar-refractivity contribution in [2.75, 3.05) is 18.0 Å². The molecule has 21 heavy (non-hydrogen) atoms. The molecule has 1 fully saturated rings. The number of halogens is 1. The third-order valence-corrected chi connectivity index (χ3v) is 3.72. The van der Waals surface area contributed by atoms with E-state index in [9.17, 15) is 9.18 Å². The topological polar surface area (TPSA) is 64.2 Å². The van der Waals surface area contributed by atoms with Gasteiger partial charge >= 0.3 is 0 Å². The Bertz CT molecular complexity index is 700. The number of hydrogen-bond acceptors (Lipinski definition) is 4. The van der Waals surface area contributed by atoms with Crippen molar-refractivity contribution in [3.8, 4) is 0 Å². The quantitative estimate of drug-likeness (QED) is 0.914. The van der Waals surface area contributed by atoms with E-state index in [1.165, 1.54) is 10.6 Å². The van der Waals surface area contributed by atoms with E-state index in [2.05, 4.69) is 4.98 Å². The van der Waals surface area contributed by atoms with Gasteiger partial charge in [0.2, 0.25) is 0 Å². The van der Waals surface area contributed by atoms with E-state index >= 15 is 0 Å². The Kier molecular flexibility index (Phi) is 3.70. The fraction of sp³-hybridized carbons (Fsp3) is 0.333. The number of nitrogens with two attached hydrogens (primary N) is 1. The molecule has 2 N–H and O–H groups in total. The largest absolute Gasteiger partial charge is 0.350 e. The number of hydrogen-bond donors (Lipinski definition) is 1. The molecule has 0 unspecified atom stereocenters. The van der Waals surface area contributed by atoms with Crippen molar-refractivity contribution in [3.63, 3.8) is 0 Å². The van der Waals surface area contributed by atoms with E-state index in [0.29, 0.717) is 17.9 Å². The van der Waals surface area contributed by atoms with Crippen molar-refractivity contribution in [1.82, 2.24) is 9.55 Å². The molecule has 110 valence electrons. The Morgan fingerprint density at radius 2 is 2.19 bits per heavy atom. The van der Waals surface area contributed by atoms with Gasteiger partial charge in [0.1, 0.15) is 5.82 Å². The molecule has 0 radical (unpaired) electrons. The molecule has 0 aliphatic carbocycles. The first-order chi connectivity index (χ1) is 10.1. The number of nitrogens with zero attached hydrogens (tertiary/aromatic N) is 3. The molecule has 1 atom stereocenters. The lowest BCUT2D eigenvalue weighted by Gasteiger charge is -2.17. The standard InChI is InChI=1S/C15H17FN4O/c16-13-4-2-1-3-11(13)9-20-8-6-18-14(15(20)21)19-7-5-12(17)10-19/h1-4,6,8,12H,5,7,9-10,17H2/t12-/m0/s1. The average molecular weight is 288 g/mol. The van der Waals surface area contributed by atoms with Gasteiger partial charge in [-0.25, -0.2) is 9.37 Å². The van der Waals surface area contributed by atoms with Crippen LogP contribution in [0, 0.1) is 5.82 Å². The highest BCUT2D eigenvalue weighted by Crippen LogP contribution is 2.13. The molecule has 2 heterocycles. The molecule has 0 saturated carbocycles. The van der Waals surface area contributed by atoms with E-state index in [-0.39, 0.29) is 24.0 Å². The van der Waals surface area contributed by atoms with Crippen LogP contribution < -0.4 is 16.2 Å². The Balaban J connectivity index is 1.90. The summed E-state index contributed by atoms with van der Waals surface area (Å²) < 4.78 is 15.2. The molecule has 1 aromatic heterocycles. The first-order valence-corrected chi connectivity index (χ1v) is 6.94. The van der Waals surface area contributed by atoms with Gasteiger partial charge in [0.15, 0.2) is 5.82 Å². The third-order valence-electron chi connectivity index (χ3n) is 3.72. The molecule has 1 saturated heterocycles. The van der Waals surface area contributed by atoms with Gasteiger partial charge < -0.3 is 15.2 Å². The molecule has 5 nitrogen and oxygen atoms in total. The predicted octanol–water partition coefficient (Wildman–Crippen LogP) is 0.968. The van der Waals surface area contributed by atoms with E-state index in [1.54, 1.807) is 30.6 Å². The van der Waals surface area contributed by atoms with Crippen molar-refractivity contribution in [1.29, 1.82) is 0 Å². The number of rotatable bonds is 3. The summed E-state index contributed by atoms with van der Waals surface area (Å²) in [6, 6.07) is 6.53. The molecule has 0 amide bonds. The van der Waals surface area contributed by atoms with Crippen LogP contribution in [0.15, 0.2) is 41.5 Å². The third kappa shape index (κ3) is 2.80. The molecule has 2 aromatic rings. The highest BCUT2D eigenvalue weighted by Gasteiger charge is 2.23. The van der Waals surface area contributed by atoms with Gasteiger partial charge in [-0.05, 0) is 12.5 Å². The first kappa shape index (κ1) is 13.8. The Morgan fingerprint density at radius 3 is 2.90 bits per heavy atom. The highest BCUT2D eigenvalue weighted by atomic mass is 19.1. The van der Waals surface area contributed by atoms with Crippen LogP contribution in [-0.2, 0) is 6.54 Å². The zero-order chi connectivity index (χ0) is 14.8. The monoisotopic (exact) mass is 288 g/mol. The van der Waals surface area contributed by atoms with E-state index in [4.69, 9.17) is 5.73 Å². The van der Waals surface area contributed by atoms with Crippen LogP contribution >= 0.6 is 0 Å². The van der Waals surface area contributed by atoms with Gasteiger partial charge in [-0.15, -0.1) is 0 Å². The van der Waals surface area contributed by atoms with Crippen LogP contribution in [0.5, 0.6) is 0 Å². The normalized spacial score (nSPS) is 18.2. The number of benzene rings is 1. The summed E-state index contributed by atoms with van der Waals surface area (Å²) in [5.74, 6) is 0.0766. The fourth-order valence-electron chi connectivity index (χ4n) is 2.57. The molecular weight excluding hydrogens is 271 g/mol. The number of aromatic nitrogens is 2. The van der Waals surface area contributed by atoms with Crippen LogP contribution in [0.1, 0.15) is 12.0 Å². The average Bonchev–Trinajstić information content (AvgIpc) is 2.90. The molecule has 6 heteroatoms. The summed E-state index contributed by atoms with van der Waals surface area (Å²) >= 11 is 0. The Morgan fingerprint density at radius 1 is 1.38 bits per heavy atom. The van der Waals surface area contributed by atoms with Crippen LogP contribution in [0.4, 0.5) is 10.2 Å². The zero-order valence-corrected chi connectivity index (χ0v) is 11.6. The minimum absolute atomic E-state index is 0.0754. The highest BCUT2D eigenvalue weighted by molar-refractivity contribution is 5.37. The maximum Gasteiger partial charge on any atom is 0.293 e. The van der Waals surface area contributed by atoms with Crippen LogP contribution in [0.25, 0.3) is 0 Å². The summed E-state index contributed by atoms with van der Waals surface area (Å²) in [7, 11) is 0. The van der Waals surface area contributed by atoms with Gasteiger partial charge in [-0.1, -0.05) is 18.2 Å². The van der Waals surface area contributed by atoms with Gasteiger partial charge in [0.25, 0.3) is 5.56 Å². The number of anilines is 1. The summed E-state index contributed by atoms with van der Waals surface area (Å²) in [6.07, 6.45) is 4.00. The second kappa shape index (κ2) is 5.65. The Hall–Kier alpha value is -2.21. The molecular formula is C15H17FN4O. The minimum atomic E-state index is -0.314. The van der Waals surface area contributed by atoms with Gasteiger partial charge in [-0.3, -0.25) is 4.79 Å². The smallest absolute Gasteiger partial charge is 0.293 e. The minimum Gasteiger partial charge on any atom is -0.350 e. The van der Waals surface area contributed by atoms with Gasteiger partial charge in [0, 0.05) is 37.1 Å². The second-order valence-corrected chi connectivity index (χ2v) is 5.27. The lowest BCUT2D eigenvalue weighted by Crippen LogP contribution is -2.34. The predicted molar refractivity (Wildman–Crippen MR) is 78.8 cm³/mol. The van der Waals surface area contributed by atoms with E-state index < -0.39 is 0 Å². The molecule has 0 spiro atoms. The summed E-state index contributed by atoms with van der Waals surface area (Å²) in [6.45, 7) is 1.56. The summed E-state index contributed by atoms with van der Waals surface area (Å²) in [5, 5.41) is 0. The van der Waals surface area contributed by atoms with Crippen molar-refractivity contribution < 1.29 is 4.39 Å². The lowest BCUT2D eigenvalue weighted by atomic mass is 10.2. The summed E-state index contributed by atoms with van der Waals surface area (Å²) in [4.78, 5) is 18.5. The van der Waals surface area contributed by atoms with Gasteiger partial charge in [-0.2, -0.15) is 0 Å². The van der Waals surface area contributed by atoms with Crippen molar-refractivity contribution >= 4 is 5.82 Å². The zero-order valence-electron chi connectivity index (χ0n) is 11.6. The van der Waals surface area contributed by atoms with E-state index in [1.807, 2.05) is 4.90 Å². The van der Waals surface area contributed by atoms with E-state index in [0.717, 1.165) is 13.0 Å². The van der Waals surface area contributed by atoms with Crippen LogP contribution in [0.2, 0.25) is 0 Å². The lowest BCUT2D eigenvalue weighted by molar-refractivity contribution is 0.595. The first-order valence-electron chi connectivity index (χ1n) is 6.94. The maximum absolute atomic E-state index is 13.7. The molecule has 1 aliphatic rings. The second-order valence-electron chi connectivity index (χ2n) is 5.27. The van der Waals surface area contributed by atoms with Crippen LogP contribution in [0.3, 0.4) is 0 Å². The van der Waals surface area contributed by atoms with Crippen molar-refractivity contribution in [2.24, 2.45) is 5.73 Å². The molecule has 0 bridgehead atoms. The molecule has 1 aromatic carbocycles. The Labute approximate surface area is 121 Å². The summed E-state index contributed by atoms with van der Waals surface area (Å²) in [5.41, 5.74) is 6.13. The molecule has 3 rings (SSSR count). The van der Waals surface area contributed by atoms with Crippen molar-refractivity contribution in [2.45, 2.75) is 19.0 Å². The maximum atomic E-state index is 13.7. The molecule has 1 aliphatic heterocycles. The SMILES string of the molecule is N[C@H]1CCN(c2nccn(Cc3ccccc3F)c2=O)C1. The van der Waals surface area contributed by atoms with Crippen molar-refractivity contribution in [3.05, 3.63) is 58.4 Å². The fourth-order valence-corrected chi connectivity index (χ4v) is 2.57. The van der Waals surface area contributed by atoms with Crippen LogP contribution in [-0.4, -0.2) is 28.7 Å².